The highest BCUT2D eigenvalue weighted by Crippen LogP contribution is 2.23. The maximum Gasteiger partial charge on any atom is 0.322 e. The Bertz CT molecular complexity index is 867. The average Bonchev–Trinajstić information content (AvgIpc) is 3.26. The van der Waals surface area contributed by atoms with Gasteiger partial charge in [0.2, 0.25) is 5.82 Å². The molecule has 0 amide bonds. The molecular formula is C17H15F2N5O. The van der Waals surface area contributed by atoms with Gasteiger partial charge in [-0.05, 0) is 42.8 Å². The van der Waals surface area contributed by atoms with Gasteiger partial charge in [0.05, 0.1) is 0 Å². The first-order valence-electron chi connectivity index (χ1n) is 7.91. The summed E-state index contributed by atoms with van der Waals surface area (Å²) in [6.07, 6.45) is 2.37. The minimum Gasteiger partial charge on any atom is -0.352 e. The topological polar surface area (TPSA) is 67.1 Å². The number of halogens is 2. The molecular weight excluding hydrogens is 328 g/mol. The highest BCUT2D eigenvalue weighted by atomic mass is 19.1. The van der Waals surface area contributed by atoms with E-state index < -0.39 is 0 Å². The second kappa shape index (κ2) is 6.46. The molecule has 0 spiro atoms. The molecule has 0 saturated carbocycles. The SMILES string of the molecule is Fc1ccc(-c2noc(NC3CCN(c4ncccc4F)C3)n2)cc1. The summed E-state index contributed by atoms with van der Waals surface area (Å²) in [7, 11) is 0. The van der Waals surface area contributed by atoms with E-state index in [2.05, 4.69) is 20.4 Å². The van der Waals surface area contributed by atoms with Crippen molar-refractivity contribution in [1.82, 2.24) is 15.1 Å². The van der Waals surface area contributed by atoms with Crippen LogP contribution in [0.25, 0.3) is 11.4 Å². The monoisotopic (exact) mass is 343 g/mol. The Morgan fingerprint density at radius 3 is 2.80 bits per heavy atom. The molecule has 1 atom stereocenters. The smallest absolute Gasteiger partial charge is 0.322 e. The predicted molar refractivity (Wildman–Crippen MR) is 88.1 cm³/mol. The second-order valence-electron chi connectivity index (χ2n) is 5.81. The van der Waals surface area contributed by atoms with Crippen molar-refractivity contribution in [3.63, 3.8) is 0 Å². The van der Waals surface area contributed by atoms with E-state index >= 15 is 0 Å². The van der Waals surface area contributed by atoms with Gasteiger partial charge in [-0.15, -0.1) is 0 Å². The van der Waals surface area contributed by atoms with Crippen LogP contribution in [0.4, 0.5) is 20.6 Å². The second-order valence-corrected chi connectivity index (χ2v) is 5.81. The lowest BCUT2D eigenvalue weighted by Gasteiger charge is -2.17. The van der Waals surface area contributed by atoms with Crippen LogP contribution in [0.1, 0.15) is 6.42 Å². The summed E-state index contributed by atoms with van der Waals surface area (Å²) in [5.41, 5.74) is 0.668. The molecule has 8 heteroatoms. The molecule has 3 aromatic rings. The minimum absolute atomic E-state index is 0.0444. The van der Waals surface area contributed by atoms with E-state index in [0.29, 0.717) is 30.3 Å². The van der Waals surface area contributed by atoms with Crippen molar-refractivity contribution in [2.24, 2.45) is 0 Å². The van der Waals surface area contributed by atoms with Crippen LogP contribution in [-0.4, -0.2) is 34.3 Å². The standard InChI is InChI=1S/C17H15F2N5O/c18-12-5-3-11(4-6-12)15-22-17(25-23-15)21-13-7-9-24(10-13)16-14(19)2-1-8-20-16/h1-6,8,13H,7,9-10H2,(H,21,22,23). The summed E-state index contributed by atoms with van der Waals surface area (Å²) in [5.74, 6) is 0.0791. The molecule has 0 aliphatic carbocycles. The van der Waals surface area contributed by atoms with Crippen molar-refractivity contribution < 1.29 is 13.3 Å². The lowest BCUT2D eigenvalue weighted by atomic mass is 10.2. The average molecular weight is 343 g/mol. The van der Waals surface area contributed by atoms with Crippen molar-refractivity contribution in [3.05, 3.63) is 54.2 Å². The first-order chi connectivity index (χ1) is 12.2. The fourth-order valence-electron chi connectivity index (χ4n) is 2.85. The van der Waals surface area contributed by atoms with Gasteiger partial charge in [-0.2, -0.15) is 4.98 Å². The number of hydrogen-bond acceptors (Lipinski definition) is 6. The molecule has 1 aliphatic heterocycles. The summed E-state index contributed by atoms with van der Waals surface area (Å²) >= 11 is 0. The third kappa shape index (κ3) is 3.28. The zero-order valence-electron chi connectivity index (χ0n) is 13.2. The quantitative estimate of drug-likeness (QED) is 0.785. The van der Waals surface area contributed by atoms with E-state index in [1.54, 1.807) is 24.4 Å². The fraction of sp³-hybridized carbons (Fsp3) is 0.235. The number of benzene rings is 1. The van der Waals surface area contributed by atoms with Gasteiger partial charge in [0.15, 0.2) is 11.6 Å². The number of hydrogen-bond donors (Lipinski definition) is 1. The molecule has 1 fully saturated rings. The largest absolute Gasteiger partial charge is 0.352 e. The number of rotatable bonds is 4. The molecule has 4 rings (SSSR count). The Balaban J connectivity index is 1.42. The van der Waals surface area contributed by atoms with Gasteiger partial charge in [0.1, 0.15) is 5.82 Å². The Labute approximate surface area is 142 Å². The fourth-order valence-corrected chi connectivity index (χ4v) is 2.85. The van der Waals surface area contributed by atoms with Crippen LogP contribution in [0.5, 0.6) is 0 Å². The third-order valence-electron chi connectivity index (χ3n) is 4.08. The lowest BCUT2D eigenvalue weighted by molar-refractivity contribution is 0.428. The van der Waals surface area contributed by atoms with Crippen LogP contribution in [0.3, 0.4) is 0 Å². The molecule has 0 bridgehead atoms. The first kappa shape index (κ1) is 15.5. The van der Waals surface area contributed by atoms with E-state index in [-0.39, 0.29) is 23.7 Å². The van der Waals surface area contributed by atoms with Crippen molar-refractivity contribution in [3.8, 4) is 11.4 Å². The molecule has 25 heavy (non-hydrogen) atoms. The molecule has 6 nitrogen and oxygen atoms in total. The number of anilines is 2. The molecule has 1 saturated heterocycles. The van der Waals surface area contributed by atoms with E-state index in [9.17, 15) is 8.78 Å². The van der Waals surface area contributed by atoms with Gasteiger partial charge in [-0.1, -0.05) is 5.16 Å². The summed E-state index contributed by atoms with van der Waals surface area (Å²) in [4.78, 5) is 10.2. The van der Waals surface area contributed by atoms with Crippen LogP contribution in [-0.2, 0) is 0 Å². The van der Waals surface area contributed by atoms with Crippen LogP contribution in [0, 0.1) is 11.6 Å². The highest BCUT2D eigenvalue weighted by Gasteiger charge is 2.26. The van der Waals surface area contributed by atoms with Crippen LogP contribution >= 0.6 is 0 Å². The molecule has 2 aromatic heterocycles. The predicted octanol–water partition coefficient (Wildman–Crippen LogP) is 3.10. The van der Waals surface area contributed by atoms with Crippen molar-refractivity contribution in [2.45, 2.75) is 12.5 Å². The van der Waals surface area contributed by atoms with Gasteiger partial charge < -0.3 is 14.7 Å². The number of aromatic nitrogens is 3. The van der Waals surface area contributed by atoms with E-state index in [1.165, 1.54) is 18.2 Å². The maximum atomic E-state index is 13.8. The van der Waals surface area contributed by atoms with Crippen molar-refractivity contribution in [1.29, 1.82) is 0 Å². The van der Waals surface area contributed by atoms with Crippen LogP contribution in [0.2, 0.25) is 0 Å². The van der Waals surface area contributed by atoms with Gasteiger partial charge in [-0.25, -0.2) is 13.8 Å². The molecule has 1 unspecified atom stereocenters. The van der Waals surface area contributed by atoms with Crippen molar-refractivity contribution in [2.75, 3.05) is 23.3 Å². The lowest BCUT2D eigenvalue weighted by Crippen LogP contribution is -2.27. The third-order valence-corrected chi connectivity index (χ3v) is 4.08. The van der Waals surface area contributed by atoms with E-state index in [0.717, 1.165) is 6.42 Å². The molecule has 128 valence electrons. The molecule has 3 heterocycles. The van der Waals surface area contributed by atoms with Gasteiger partial charge in [0, 0.05) is 30.9 Å². The molecule has 1 aromatic carbocycles. The van der Waals surface area contributed by atoms with E-state index in [4.69, 9.17) is 4.52 Å². The van der Waals surface area contributed by atoms with Gasteiger partial charge in [0.25, 0.3) is 0 Å². The number of nitrogens with one attached hydrogen (secondary N) is 1. The first-order valence-corrected chi connectivity index (χ1v) is 7.91. The zero-order chi connectivity index (χ0) is 17.2. The maximum absolute atomic E-state index is 13.8. The van der Waals surface area contributed by atoms with Crippen LogP contribution in [0.15, 0.2) is 47.1 Å². The minimum atomic E-state index is -0.334. The molecule has 1 N–H and O–H groups in total. The number of pyridine rings is 1. The summed E-state index contributed by atoms with van der Waals surface area (Å²) in [5, 5.41) is 7.05. The Morgan fingerprint density at radius 1 is 1.16 bits per heavy atom. The highest BCUT2D eigenvalue weighted by molar-refractivity contribution is 5.55. The Hall–Kier alpha value is -3.03. The number of nitrogens with zero attached hydrogens (tertiary/aromatic N) is 4. The van der Waals surface area contributed by atoms with Gasteiger partial charge >= 0.3 is 6.01 Å². The summed E-state index contributed by atoms with van der Waals surface area (Å²) in [6, 6.07) is 9.16. The molecule has 1 aliphatic rings. The summed E-state index contributed by atoms with van der Waals surface area (Å²) < 4.78 is 32.0. The Morgan fingerprint density at radius 2 is 2.00 bits per heavy atom. The van der Waals surface area contributed by atoms with Crippen molar-refractivity contribution >= 4 is 11.8 Å². The zero-order valence-corrected chi connectivity index (χ0v) is 13.2. The van der Waals surface area contributed by atoms with Gasteiger partial charge in [-0.3, -0.25) is 0 Å². The molecule has 0 radical (unpaired) electrons. The Kier molecular flexibility index (Phi) is 4.01. The van der Waals surface area contributed by atoms with E-state index in [1.807, 2.05) is 4.90 Å². The summed E-state index contributed by atoms with van der Waals surface area (Å²) in [6.45, 7) is 1.27. The normalized spacial score (nSPS) is 17.0. The van der Waals surface area contributed by atoms with Crippen LogP contribution < -0.4 is 10.2 Å².